The van der Waals surface area contributed by atoms with Crippen LogP contribution in [0.1, 0.15) is 22.3 Å². The van der Waals surface area contributed by atoms with E-state index < -0.39 is 29.1 Å². The van der Waals surface area contributed by atoms with Gasteiger partial charge in [-0.3, -0.25) is 4.79 Å². The zero-order chi connectivity index (χ0) is 20.0. The molecule has 2 aromatic carbocycles. The molecule has 0 aliphatic rings. The number of amides is 1. The lowest BCUT2D eigenvalue weighted by Crippen LogP contribution is -2.15. The van der Waals surface area contributed by atoms with Gasteiger partial charge < -0.3 is 19.5 Å². The highest BCUT2D eigenvalue weighted by Crippen LogP contribution is 2.26. The summed E-state index contributed by atoms with van der Waals surface area (Å²) in [4.78, 5) is 23.7. The zero-order valence-electron chi connectivity index (χ0n) is 15.1. The van der Waals surface area contributed by atoms with Crippen molar-refractivity contribution in [2.75, 3.05) is 26.6 Å². The van der Waals surface area contributed by atoms with Crippen LogP contribution < -0.4 is 14.8 Å². The summed E-state index contributed by atoms with van der Waals surface area (Å²) in [7, 11) is 4.10. The number of aryl methyl sites for hydroxylation is 1. The van der Waals surface area contributed by atoms with Crippen molar-refractivity contribution >= 4 is 17.6 Å². The Hall–Kier alpha value is -3.16. The van der Waals surface area contributed by atoms with E-state index in [1.807, 2.05) is 0 Å². The third kappa shape index (κ3) is 4.93. The molecule has 0 atom stereocenters. The molecule has 0 saturated carbocycles. The molecule has 0 unspecified atom stereocenters. The van der Waals surface area contributed by atoms with E-state index in [9.17, 15) is 18.4 Å². The Morgan fingerprint density at radius 3 is 2.37 bits per heavy atom. The summed E-state index contributed by atoms with van der Waals surface area (Å²) in [6.45, 7) is 0. The normalized spacial score (nSPS) is 10.3. The average Bonchev–Trinajstić information content (AvgIpc) is 2.67. The van der Waals surface area contributed by atoms with E-state index in [0.29, 0.717) is 24.0 Å². The van der Waals surface area contributed by atoms with Crippen LogP contribution in [0.2, 0.25) is 0 Å². The number of benzene rings is 2. The first kappa shape index (κ1) is 20.2. The van der Waals surface area contributed by atoms with Gasteiger partial charge in [0.2, 0.25) is 5.91 Å². The summed E-state index contributed by atoms with van der Waals surface area (Å²) in [5.41, 5.74) is -0.0371. The monoisotopic (exact) mass is 379 g/mol. The van der Waals surface area contributed by atoms with Gasteiger partial charge in [-0.25, -0.2) is 13.6 Å². The van der Waals surface area contributed by atoms with Crippen LogP contribution >= 0.6 is 0 Å². The molecule has 6 nitrogen and oxygen atoms in total. The number of carbonyl (C=O) groups is 2. The van der Waals surface area contributed by atoms with Crippen molar-refractivity contribution in [2.24, 2.45) is 0 Å². The van der Waals surface area contributed by atoms with Crippen LogP contribution in [0.15, 0.2) is 30.3 Å². The fourth-order valence-corrected chi connectivity index (χ4v) is 2.45. The summed E-state index contributed by atoms with van der Waals surface area (Å²) in [6, 6.07) is 6.60. The van der Waals surface area contributed by atoms with Crippen LogP contribution in [0, 0.1) is 11.6 Å². The Bertz CT molecular complexity index is 854. The zero-order valence-corrected chi connectivity index (χ0v) is 15.1. The van der Waals surface area contributed by atoms with Gasteiger partial charge in [-0.05, 0) is 36.2 Å². The largest absolute Gasteiger partial charge is 0.497 e. The lowest BCUT2D eigenvalue weighted by molar-refractivity contribution is -0.116. The minimum atomic E-state index is -1.07. The lowest BCUT2D eigenvalue weighted by Gasteiger charge is -2.11. The molecule has 1 amide bonds. The topological polar surface area (TPSA) is 73.9 Å². The predicted molar refractivity (Wildman–Crippen MR) is 94.2 cm³/mol. The van der Waals surface area contributed by atoms with Crippen LogP contribution in [0.3, 0.4) is 0 Å². The molecule has 0 spiro atoms. The SMILES string of the molecule is COC(=O)c1cc(NC(=O)CCc2cc(OC)ccc2OC)c(F)cc1F. The predicted octanol–water partition coefficient (Wildman–Crippen LogP) is 3.34. The number of carbonyl (C=O) groups excluding carboxylic acids is 2. The van der Waals surface area contributed by atoms with E-state index >= 15 is 0 Å². The van der Waals surface area contributed by atoms with Gasteiger partial charge in [0.05, 0.1) is 32.6 Å². The third-order valence-electron chi connectivity index (χ3n) is 3.85. The highest BCUT2D eigenvalue weighted by Gasteiger charge is 2.18. The molecular weight excluding hydrogens is 360 g/mol. The van der Waals surface area contributed by atoms with Gasteiger partial charge in [-0.2, -0.15) is 0 Å². The number of rotatable bonds is 7. The maximum absolute atomic E-state index is 13.9. The molecule has 1 N–H and O–H groups in total. The van der Waals surface area contributed by atoms with E-state index in [4.69, 9.17) is 9.47 Å². The molecule has 0 radical (unpaired) electrons. The molecule has 0 aromatic heterocycles. The molecule has 0 bridgehead atoms. The van der Waals surface area contributed by atoms with Crippen LogP contribution in [-0.4, -0.2) is 33.2 Å². The minimum Gasteiger partial charge on any atom is -0.497 e. The summed E-state index contributed by atoms with van der Waals surface area (Å²) < 4.78 is 42.4. The molecule has 27 heavy (non-hydrogen) atoms. The first-order valence-corrected chi connectivity index (χ1v) is 7.97. The first-order chi connectivity index (χ1) is 12.9. The maximum atomic E-state index is 13.9. The van der Waals surface area contributed by atoms with Crippen molar-refractivity contribution in [3.8, 4) is 11.5 Å². The van der Waals surface area contributed by atoms with Crippen molar-refractivity contribution in [1.82, 2.24) is 0 Å². The number of hydrogen-bond donors (Lipinski definition) is 1. The van der Waals surface area contributed by atoms with E-state index in [0.717, 1.165) is 18.7 Å². The number of methoxy groups -OCH3 is 3. The average molecular weight is 379 g/mol. The molecule has 8 heteroatoms. The van der Waals surface area contributed by atoms with Crippen LogP contribution in [-0.2, 0) is 16.0 Å². The molecule has 2 aromatic rings. The van der Waals surface area contributed by atoms with E-state index in [1.54, 1.807) is 18.2 Å². The fraction of sp³-hybridized carbons (Fsp3) is 0.263. The van der Waals surface area contributed by atoms with Gasteiger partial charge in [-0.1, -0.05) is 0 Å². The third-order valence-corrected chi connectivity index (χ3v) is 3.85. The summed E-state index contributed by atoms with van der Waals surface area (Å²) >= 11 is 0. The second-order valence-corrected chi connectivity index (χ2v) is 5.53. The minimum absolute atomic E-state index is 0.00784. The molecule has 0 fully saturated rings. The number of halogens is 2. The highest BCUT2D eigenvalue weighted by molar-refractivity contribution is 5.95. The molecule has 0 aliphatic carbocycles. The van der Waals surface area contributed by atoms with Gasteiger partial charge in [-0.15, -0.1) is 0 Å². The van der Waals surface area contributed by atoms with E-state index in [2.05, 4.69) is 10.1 Å². The van der Waals surface area contributed by atoms with Crippen LogP contribution in [0.5, 0.6) is 11.5 Å². The smallest absolute Gasteiger partial charge is 0.340 e. The molecule has 144 valence electrons. The summed E-state index contributed by atoms with van der Waals surface area (Å²) in [5, 5.41) is 2.33. The van der Waals surface area contributed by atoms with Gasteiger partial charge >= 0.3 is 5.97 Å². The first-order valence-electron chi connectivity index (χ1n) is 7.97. The van der Waals surface area contributed by atoms with Crippen molar-refractivity contribution in [2.45, 2.75) is 12.8 Å². The lowest BCUT2D eigenvalue weighted by atomic mass is 10.1. The second-order valence-electron chi connectivity index (χ2n) is 5.53. The molecule has 2 rings (SSSR count). The molecular formula is C19H19F2NO5. The Kier molecular flexibility index (Phi) is 6.70. The Morgan fingerprint density at radius 2 is 1.74 bits per heavy atom. The van der Waals surface area contributed by atoms with Crippen molar-refractivity contribution < 1.29 is 32.6 Å². The van der Waals surface area contributed by atoms with Gasteiger partial charge in [0.1, 0.15) is 23.1 Å². The van der Waals surface area contributed by atoms with E-state index in [-0.39, 0.29) is 12.1 Å². The van der Waals surface area contributed by atoms with Crippen molar-refractivity contribution in [1.29, 1.82) is 0 Å². The second kappa shape index (κ2) is 8.98. The summed E-state index contributed by atoms with van der Waals surface area (Å²) in [5.74, 6) is -2.35. The summed E-state index contributed by atoms with van der Waals surface area (Å²) in [6.07, 6.45) is 0.312. The molecule has 0 saturated heterocycles. The fourth-order valence-electron chi connectivity index (χ4n) is 2.45. The standard InChI is InChI=1S/C19H19F2NO5/c1-25-12-5-6-17(26-2)11(8-12)4-7-18(23)22-16-9-13(19(24)27-3)14(20)10-15(16)21/h5-6,8-10H,4,7H2,1-3H3,(H,22,23). The quantitative estimate of drug-likeness (QED) is 0.747. The van der Waals surface area contributed by atoms with Crippen molar-refractivity contribution in [3.63, 3.8) is 0 Å². The number of anilines is 1. The van der Waals surface area contributed by atoms with E-state index in [1.165, 1.54) is 14.2 Å². The Balaban J connectivity index is 2.11. The maximum Gasteiger partial charge on any atom is 0.340 e. The van der Waals surface area contributed by atoms with Crippen LogP contribution in [0.25, 0.3) is 0 Å². The highest BCUT2D eigenvalue weighted by atomic mass is 19.1. The van der Waals surface area contributed by atoms with Crippen LogP contribution in [0.4, 0.5) is 14.5 Å². The number of ether oxygens (including phenoxy) is 3. The number of esters is 1. The van der Waals surface area contributed by atoms with Gasteiger partial charge in [0.25, 0.3) is 0 Å². The molecule has 0 aliphatic heterocycles. The van der Waals surface area contributed by atoms with Gasteiger partial charge in [0, 0.05) is 12.5 Å². The number of nitrogens with one attached hydrogen (secondary N) is 1. The van der Waals surface area contributed by atoms with Gasteiger partial charge in [0.15, 0.2) is 0 Å². The van der Waals surface area contributed by atoms with Crippen molar-refractivity contribution in [3.05, 3.63) is 53.1 Å². The number of hydrogen-bond acceptors (Lipinski definition) is 5. The molecule has 0 heterocycles. The Morgan fingerprint density at radius 1 is 1.00 bits per heavy atom. The Labute approximate surface area is 155 Å².